The average Bonchev–Trinajstić information content (AvgIpc) is 2.01. The molecule has 0 aromatic rings. The van der Waals surface area contributed by atoms with Crippen molar-refractivity contribution < 1.29 is 22.7 Å². The molecule has 0 bridgehead atoms. The Labute approximate surface area is 90.7 Å². The van der Waals surface area contributed by atoms with Crippen LogP contribution >= 0.6 is 0 Å². The molecule has 0 aromatic heterocycles. The normalized spacial score (nSPS) is 13.5. The Morgan fingerprint density at radius 2 is 2.00 bits per heavy atom. The highest BCUT2D eigenvalue weighted by atomic mass is 32.2. The Balaban J connectivity index is 3.67. The van der Waals surface area contributed by atoms with Crippen molar-refractivity contribution >= 4 is 15.8 Å². The van der Waals surface area contributed by atoms with Crippen molar-refractivity contribution in [2.75, 3.05) is 25.7 Å². The molecule has 0 aliphatic rings. The first kappa shape index (κ1) is 14.4. The lowest BCUT2D eigenvalue weighted by Gasteiger charge is -2.11. The second-order valence-electron chi connectivity index (χ2n) is 3.49. The second kappa shape index (κ2) is 6.79. The SMILES string of the molecule is COCC(C)OC(=O)CCCS(C)(=O)=O. The minimum Gasteiger partial charge on any atom is -0.460 e. The van der Waals surface area contributed by atoms with Crippen molar-refractivity contribution in [3.8, 4) is 0 Å². The fraction of sp³-hybridized carbons (Fsp3) is 0.889. The number of sulfone groups is 1. The topological polar surface area (TPSA) is 69.7 Å². The Morgan fingerprint density at radius 1 is 1.40 bits per heavy atom. The summed E-state index contributed by atoms with van der Waals surface area (Å²) in [6.45, 7) is 2.07. The maximum Gasteiger partial charge on any atom is 0.306 e. The molecule has 0 amide bonds. The molecule has 0 saturated carbocycles. The molecule has 0 spiro atoms. The van der Waals surface area contributed by atoms with Gasteiger partial charge in [0, 0.05) is 19.8 Å². The van der Waals surface area contributed by atoms with Gasteiger partial charge in [0.25, 0.3) is 0 Å². The predicted octanol–water partition coefficient (Wildman–Crippen LogP) is 0.389. The van der Waals surface area contributed by atoms with Crippen molar-refractivity contribution in [2.24, 2.45) is 0 Å². The van der Waals surface area contributed by atoms with Crippen LogP contribution in [0.25, 0.3) is 0 Å². The van der Waals surface area contributed by atoms with Gasteiger partial charge in [0.05, 0.1) is 12.4 Å². The lowest BCUT2D eigenvalue weighted by atomic mass is 10.3. The van der Waals surface area contributed by atoms with Crippen LogP contribution in [0.4, 0.5) is 0 Å². The van der Waals surface area contributed by atoms with Crippen molar-refractivity contribution in [2.45, 2.75) is 25.9 Å². The molecule has 5 nitrogen and oxygen atoms in total. The standard InChI is InChI=1S/C9H18O5S/c1-8(7-13-2)14-9(10)5-4-6-15(3,11)12/h8H,4-7H2,1-3H3. The van der Waals surface area contributed by atoms with Crippen molar-refractivity contribution in [3.05, 3.63) is 0 Å². The van der Waals surface area contributed by atoms with E-state index in [2.05, 4.69) is 0 Å². The summed E-state index contributed by atoms with van der Waals surface area (Å²) < 4.78 is 31.3. The van der Waals surface area contributed by atoms with Crippen molar-refractivity contribution in [1.29, 1.82) is 0 Å². The third-order valence-corrected chi connectivity index (χ3v) is 2.66. The number of hydrogen-bond donors (Lipinski definition) is 0. The first-order valence-electron chi connectivity index (χ1n) is 4.71. The minimum absolute atomic E-state index is 0.0146. The van der Waals surface area contributed by atoms with Crippen molar-refractivity contribution in [3.63, 3.8) is 0 Å². The number of methoxy groups -OCH3 is 1. The average molecular weight is 238 g/mol. The predicted molar refractivity (Wildman–Crippen MR) is 56.4 cm³/mol. The minimum atomic E-state index is -2.99. The molecule has 15 heavy (non-hydrogen) atoms. The van der Waals surface area contributed by atoms with Crippen LogP contribution < -0.4 is 0 Å². The monoisotopic (exact) mass is 238 g/mol. The lowest BCUT2D eigenvalue weighted by molar-refractivity contribution is -0.150. The van der Waals surface area contributed by atoms with E-state index in [0.29, 0.717) is 13.0 Å². The third kappa shape index (κ3) is 9.68. The summed E-state index contributed by atoms with van der Waals surface area (Å²) in [7, 11) is -1.47. The van der Waals surface area contributed by atoms with Gasteiger partial charge in [0.1, 0.15) is 15.9 Å². The Kier molecular flexibility index (Phi) is 6.51. The molecule has 0 aromatic carbocycles. The molecule has 0 N–H and O–H groups in total. The van der Waals surface area contributed by atoms with Gasteiger partial charge in [-0.25, -0.2) is 8.42 Å². The molecule has 0 aliphatic heterocycles. The smallest absolute Gasteiger partial charge is 0.306 e. The number of rotatable bonds is 7. The summed E-state index contributed by atoms with van der Waals surface area (Å²) in [6.07, 6.45) is 1.28. The van der Waals surface area contributed by atoms with Crippen LogP contribution in [0.15, 0.2) is 0 Å². The highest BCUT2D eigenvalue weighted by Gasteiger charge is 2.10. The van der Waals surface area contributed by atoms with Crippen LogP contribution in [0.2, 0.25) is 0 Å². The molecular weight excluding hydrogens is 220 g/mol. The quantitative estimate of drug-likeness (QED) is 0.600. The zero-order chi connectivity index (χ0) is 11.9. The van der Waals surface area contributed by atoms with Gasteiger partial charge < -0.3 is 9.47 Å². The summed E-state index contributed by atoms with van der Waals surface area (Å²) in [6, 6.07) is 0. The Bertz CT molecular complexity index is 283. The fourth-order valence-electron chi connectivity index (χ4n) is 1.03. The Morgan fingerprint density at radius 3 is 2.47 bits per heavy atom. The van der Waals surface area contributed by atoms with Crippen LogP contribution in [0, 0.1) is 0 Å². The van der Waals surface area contributed by atoms with Gasteiger partial charge in [-0.2, -0.15) is 0 Å². The van der Waals surface area contributed by atoms with Gasteiger partial charge in [-0.15, -0.1) is 0 Å². The van der Waals surface area contributed by atoms with Crippen LogP contribution in [0.3, 0.4) is 0 Å². The number of carbonyl (C=O) groups excluding carboxylic acids is 1. The molecule has 0 saturated heterocycles. The molecule has 0 fully saturated rings. The number of esters is 1. The van der Waals surface area contributed by atoms with E-state index in [-0.39, 0.29) is 24.2 Å². The van der Waals surface area contributed by atoms with E-state index in [1.807, 2.05) is 0 Å². The van der Waals surface area contributed by atoms with E-state index in [0.717, 1.165) is 6.26 Å². The van der Waals surface area contributed by atoms with E-state index in [4.69, 9.17) is 9.47 Å². The van der Waals surface area contributed by atoms with Gasteiger partial charge in [-0.1, -0.05) is 0 Å². The maximum atomic E-state index is 11.1. The molecule has 6 heteroatoms. The molecule has 1 unspecified atom stereocenters. The first-order chi connectivity index (χ1) is 6.85. The van der Waals surface area contributed by atoms with Gasteiger partial charge in [0.15, 0.2) is 0 Å². The van der Waals surface area contributed by atoms with Gasteiger partial charge in [-0.05, 0) is 13.3 Å². The Hall–Kier alpha value is -0.620. The number of ether oxygens (including phenoxy) is 2. The molecule has 0 rings (SSSR count). The summed E-state index contributed by atoms with van der Waals surface area (Å²) >= 11 is 0. The first-order valence-corrected chi connectivity index (χ1v) is 6.77. The zero-order valence-electron chi connectivity index (χ0n) is 9.36. The molecule has 90 valence electrons. The highest BCUT2D eigenvalue weighted by Crippen LogP contribution is 2.00. The molecule has 0 heterocycles. The van der Waals surface area contributed by atoms with Crippen LogP contribution in [0.5, 0.6) is 0 Å². The summed E-state index contributed by atoms with van der Waals surface area (Å²) in [5.41, 5.74) is 0. The lowest BCUT2D eigenvalue weighted by Crippen LogP contribution is -2.20. The number of carbonyl (C=O) groups is 1. The zero-order valence-corrected chi connectivity index (χ0v) is 10.2. The summed E-state index contributed by atoms with van der Waals surface area (Å²) in [5, 5.41) is 0. The van der Waals surface area contributed by atoms with E-state index in [9.17, 15) is 13.2 Å². The van der Waals surface area contributed by atoms with Crippen molar-refractivity contribution in [1.82, 2.24) is 0 Å². The third-order valence-electron chi connectivity index (χ3n) is 1.63. The second-order valence-corrected chi connectivity index (χ2v) is 5.75. The van der Waals surface area contributed by atoms with Gasteiger partial charge in [0.2, 0.25) is 0 Å². The summed E-state index contributed by atoms with van der Waals surface area (Å²) in [4.78, 5) is 11.1. The van der Waals surface area contributed by atoms with E-state index >= 15 is 0 Å². The van der Waals surface area contributed by atoms with E-state index in [1.54, 1.807) is 6.92 Å². The van der Waals surface area contributed by atoms with Crippen LogP contribution in [-0.4, -0.2) is 46.2 Å². The molecule has 0 aliphatic carbocycles. The fourth-order valence-corrected chi connectivity index (χ4v) is 1.70. The number of hydrogen-bond acceptors (Lipinski definition) is 5. The van der Waals surface area contributed by atoms with Crippen LogP contribution in [-0.2, 0) is 24.1 Å². The molecular formula is C9H18O5S. The van der Waals surface area contributed by atoms with Gasteiger partial charge in [-0.3, -0.25) is 4.79 Å². The highest BCUT2D eigenvalue weighted by molar-refractivity contribution is 7.90. The summed E-state index contributed by atoms with van der Waals surface area (Å²) in [5.74, 6) is -0.371. The van der Waals surface area contributed by atoms with Gasteiger partial charge >= 0.3 is 5.97 Å². The molecule has 0 radical (unpaired) electrons. The van der Waals surface area contributed by atoms with E-state index in [1.165, 1.54) is 7.11 Å². The van der Waals surface area contributed by atoms with E-state index < -0.39 is 9.84 Å². The maximum absolute atomic E-state index is 11.1. The molecule has 1 atom stereocenters. The largest absolute Gasteiger partial charge is 0.460 e. The van der Waals surface area contributed by atoms with Crippen LogP contribution in [0.1, 0.15) is 19.8 Å².